The molecular formula is C10H16O3. The van der Waals surface area contributed by atoms with Crippen molar-refractivity contribution in [1.82, 2.24) is 0 Å². The van der Waals surface area contributed by atoms with Gasteiger partial charge in [0.15, 0.2) is 0 Å². The van der Waals surface area contributed by atoms with Crippen molar-refractivity contribution < 1.29 is 14.3 Å². The van der Waals surface area contributed by atoms with Crippen LogP contribution in [-0.2, 0) is 14.3 Å². The van der Waals surface area contributed by atoms with Gasteiger partial charge in [-0.15, -0.1) is 0 Å². The van der Waals surface area contributed by atoms with Crippen molar-refractivity contribution in [3.8, 4) is 0 Å². The van der Waals surface area contributed by atoms with Crippen LogP contribution in [0.2, 0.25) is 0 Å². The lowest BCUT2D eigenvalue weighted by Gasteiger charge is -2.10. The van der Waals surface area contributed by atoms with Gasteiger partial charge in [-0.2, -0.15) is 0 Å². The van der Waals surface area contributed by atoms with E-state index in [2.05, 4.69) is 11.3 Å². The molecule has 0 saturated carbocycles. The Bertz CT molecular complexity index is 230. The Morgan fingerprint density at radius 1 is 1.69 bits per heavy atom. The number of hydrogen-bond donors (Lipinski definition) is 0. The molecule has 1 saturated heterocycles. The fourth-order valence-corrected chi connectivity index (χ4v) is 1.58. The molecule has 3 nitrogen and oxygen atoms in total. The van der Waals surface area contributed by atoms with Crippen LogP contribution < -0.4 is 0 Å². The van der Waals surface area contributed by atoms with E-state index in [9.17, 15) is 4.79 Å². The predicted molar refractivity (Wildman–Crippen MR) is 49.3 cm³/mol. The van der Waals surface area contributed by atoms with Gasteiger partial charge in [0.05, 0.1) is 18.8 Å². The number of ether oxygens (including phenoxy) is 2. The van der Waals surface area contributed by atoms with Gasteiger partial charge in [-0.05, 0) is 13.3 Å². The summed E-state index contributed by atoms with van der Waals surface area (Å²) in [6, 6.07) is 0. The van der Waals surface area contributed by atoms with E-state index in [1.165, 1.54) is 7.11 Å². The summed E-state index contributed by atoms with van der Waals surface area (Å²) in [5.41, 5.74) is 0.347. The van der Waals surface area contributed by atoms with Gasteiger partial charge in [0, 0.05) is 12.0 Å². The molecule has 1 fully saturated rings. The van der Waals surface area contributed by atoms with Crippen LogP contribution in [0.15, 0.2) is 12.2 Å². The molecule has 0 N–H and O–H groups in total. The zero-order valence-electron chi connectivity index (χ0n) is 8.42. The molecule has 1 aliphatic heterocycles. The van der Waals surface area contributed by atoms with Gasteiger partial charge in [0.2, 0.25) is 0 Å². The molecule has 74 valence electrons. The lowest BCUT2D eigenvalue weighted by Crippen LogP contribution is -2.17. The van der Waals surface area contributed by atoms with Gasteiger partial charge in [-0.1, -0.05) is 13.5 Å². The van der Waals surface area contributed by atoms with Crippen LogP contribution in [0.4, 0.5) is 0 Å². The summed E-state index contributed by atoms with van der Waals surface area (Å²) in [6.07, 6.45) is 1.72. The molecule has 0 aromatic carbocycles. The van der Waals surface area contributed by atoms with Crippen LogP contribution in [0.1, 0.15) is 26.7 Å². The SMILES string of the molecule is C=C(CC1(CC)OC1C)C(=O)OC. The number of rotatable bonds is 4. The lowest BCUT2D eigenvalue weighted by molar-refractivity contribution is -0.136. The van der Waals surface area contributed by atoms with Gasteiger partial charge >= 0.3 is 5.97 Å². The average molecular weight is 184 g/mol. The van der Waals surface area contributed by atoms with Crippen LogP contribution in [-0.4, -0.2) is 24.8 Å². The highest BCUT2D eigenvalue weighted by Crippen LogP contribution is 2.44. The van der Waals surface area contributed by atoms with E-state index in [0.29, 0.717) is 12.0 Å². The van der Waals surface area contributed by atoms with Crippen molar-refractivity contribution in [3.05, 3.63) is 12.2 Å². The summed E-state index contributed by atoms with van der Waals surface area (Å²) < 4.78 is 10.0. The molecule has 0 spiro atoms. The third-order valence-electron chi connectivity index (χ3n) is 2.68. The number of hydrogen-bond acceptors (Lipinski definition) is 3. The lowest BCUT2D eigenvalue weighted by atomic mass is 9.94. The van der Waals surface area contributed by atoms with Crippen LogP contribution in [0.5, 0.6) is 0 Å². The maximum atomic E-state index is 11.1. The van der Waals surface area contributed by atoms with Crippen LogP contribution in [0, 0.1) is 0 Å². The van der Waals surface area contributed by atoms with E-state index in [0.717, 1.165) is 6.42 Å². The second-order valence-corrected chi connectivity index (χ2v) is 3.45. The molecular weight excluding hydrogens is 168 g/mol. The smallest absolute Gasteiger partial charge is 0.333 e. The third-order valence-corrected chi connectivity index (χ3v) is 2.68. The summed E-state index contributed by atoms with van der Waals surface area (Å²) in [5.74, 6) is -0.337. The van der Waals surface area contributed by atoms with Gasteiger partial charge in [0.1, 0.15) is 0 Å². The van der Waals surface area contributed by atoms with Gasteiger partial charge in [-0.25, -0.2) is 4.79 Å². The van der Waals surface area contributed by atoms with E-state index in [1.807, 2.05) is 13.8 Å². The highest BCUT2D eigenvalue weighted by atomic mass is 16.6. The minimum absolute atomic E-state index is 0.148. The molecule has 0 aliphatic carbocycles. The molecule has 1 aliphatic rings. The van der Waals surface area contributed by atoms with Crippen LogP contribution in [0.25, 0.3) is 0 Å². The van der Waals surface area contributed by atoms with E-state index >= 15 is 0 Å². The number of methoxy groups -OCH3 is 1. The first kappa shape index (κ1) is 10.3. The molecule has 0 aromatic rings. The van der Waals surface area contributed by atoms with Gasteiger partial charge in [-0.3, -0.25) is 0 Å². The number of carbonyl (C=O) groups is 1. The van der Waals surface area contributed by atoms with Crippen molar-refractivity contribution in [2.75, 3.05) is 7.11 Å². The van der Waals surface area contributed by atoms with E-state index in [1.54, 1.807) is 0 Å². The van der Waals surface area contributed by atoms with Crippen LogP contribution in [0.3, 0.4) is 0 Å². The van der Waals surface area contributed by atoms with Gasteiger partial charge < -0.3 is 9.47 Å². The minimum Gasteiger partial charge on any atom is -0.466 e. The van der Waals surface area contributed by atoms with E-state index in [-0.39, 0.29) is 17.7 Å². The average Bonchev–Trinajstić information content (AvgIpc) is 2.76. The first-order chi connectivity index (χ1) is 6.05. The summed E-state index contributed by atoms with van der Waals surface area (Å²) in [6.45, 7) is 7.74. The minimum atomic E-state index is -0.337. The predicted octanol–water partition coefficient (Wildman–Crippen LogP) is 1.67. The van der Waals surface area contributed by atoms with Crippen molar-refractivity contribution in [1.29, 1.82) is 0 Å². The first-order valence-electron chi connectivity index (χ1n) is 4.49. The maximum absolute atomic E-state index is 11.1. The second-order valence-electron chi connectivity index (χ2n) is 3.45. The zero-order valence-corrected chi connectivity index (χ0v) is 8.42. The molecule has 1 rings (SSSR count). The molecule has 0 bridgehead atoms. The van der Waals surface area contributed by atoms with Crippen molar-refractivity contribution in [2.24, 2.45) is 0 Å². The second kappa shape index (κ2) is 3.50. The van der Waals surface area contributed by atoms with Crippen molar-refractivity contribution >= 4 is 5.97 Å². The Kier molecular flexibility index (Phi) is 2.76. The molecule has 13 heavy (non-hydrogen) atoms. The normalized spacial score (nSPS) is 31.2. The maximum Gasteiger partial charge on any atom is 0.333 e. The quantitative estimate of drug-likeness (QED) is 0.379. The Morgan fingerprint density at radius 3 is 2.54 bits per heavy atom. The van der Waals surface area contributed by atoms with Gasteiger partial charge in [0.25, 0.3) is 0 Å². The fourth-order valence-electron chi connectivity index (χ4n) is 1.58. The summed E-state index contributed by atoms with van der Waals surface area (Å²) >= 11 is 0. The molecule has 1 heterocycles. The Hall–Kier alpha value is -0.830. The molecule has 0 radical (unpaired) electrons. The fraction of sp³-hybridized carbons (Fsp3) is 0.700. The topological polar surface area (TPSA) is 38.8 Å². The number of carbonyl (C=O) groups excluding carboxylic acids is 1. The van der Waals surface area contributed by atoms with Crippen LogP contribution >= 0.6 is 0 Å². The number of esters is 1. The van der Waals surface area contributed by atoms with Crippen molar-refractivity contribution in [2.45, 2.75) is 38.4 Å². The number of epoxide rings is 1. The molecule has 2 unspecified atom stereocenters. The Morgan fingerprint density at radius 2 is 2.23 bits per heavy atom. The Labute approximate surface area is 78.7 Å². The third kappa shape index (κ3) is 1.91. The molecule has 3 heteroatoms. The van der Waals surface area contributed by atoms with Crippen molar-refractivity contribution in [3.63, 3.8) is 0 Å². The largest absolute Gasteiger partial charge is 0.466 e. The zero-order chi connectivity index (χ0) is 10.1. The standard InChI is InChI=1S/C10H16O3/c1-5-10(8(3)13-10)6-7(2)9(11)12-4/h8H,2,5-6H2,1,3-4H3. The summed E-state index contributed by atoms with van der Waals surface area (Å²) in [5, 5.41) is 0. The molecule has 0 aromatic heterocycles. The summed E-state index contributed by atoms with van der Waals surface area (Å²) in [4.78, 5) is 11.1. The van der Waals surface area contributed by atoms with E-state index < -0.39 is 0 Å². The van der Waals surface area contributed by atoms with E-state index in [4.69, 9.17) is 4.74 Å². The first-order valence-corrected chi connectivity index (χ1v) is 4.49. The monoisotopic (exact) mass is 184 g/mol. The highest BCUT2D eigenvalue weighted by molar-refractivity contribution is 5.87. The molecule has 2 atom stereocenters. The Balaban J connectivity index is 2.49. The highest BCUT2D eigenvalue weighted by Gasteiger charge is 2.52. The summed E-state index contributed by atoms with van der Waals surface area (Å²) in [7, 11) is 1.36. The molecule has 0 amide bonds.